The van der Waals surface area contributed by atoms with Gasteiger partial charge in [-0.1, -0.05) is 6.07 Å². The van der Waals surface area contributed by atoms with Gasteiger partial charge < -0.3 is 20.8 Å². The lowest BCUT2D eigenvalue weighted by molar-refractivity contribution is -0.146. The number of carbonyl (C=O) groups is 2. The highest BCUT2D eigenvalue weighted by Gasteiger charge is 2.12. The number of aliphatic hydroxyl groups excluding tert-OH is 1. The van der Waals surface area contributed by atoms with Crippen LogP contribution < -0.4 is 10.6 Å². The molecule has 98 valence electrons. The van der Waals surface area contributed by atoms with Crippen LogP contribution >= 0.6 is 22.6 Å². The number of aliphatic hydroxyl groups is 1. The average molecular weight is 364 g/mol. The zero-order chi connectivity index (χ0) is 13.5. The minimum atomic E-state index is -1.46. The van der Waals surface area contributed by atoms with Gasteiger partial charge >= 0.3 is 12.0 Å². The average Bonchev–Trinajstić information content (AvgIpc) is 2.28. The number of carboxylic acids is 1. The maximum atomic E-state index is 11.4. The van der Waals surface area contributed by atoms with Gasteiger partial charge in [-0.3, -0.25) is 0 Å². The molecule has 0 saturated heterocycles. The van der Waals surface area contributed by atoms with Crippen LogP contribution in [-0.4, -0.2) is 34.9 Å². The Morgan fingerprint density at radius 3 is 2.72 bits per heavy atom. The number of urea groups is 1. The van der Waals surface area contributed by atoms with Gasteiger partial charge in [0.15, 0.2) is 6.10 Å². The molecule has 0 spiro atoms. The Labute approximate surface area is 118 Å². The second kappa shape index (κ2) is 7.17. The Hall–Kier alpha value is -1.35. The van der Waals surface area contributed by atoms with Gasteiger partial charge in [0.2, 0.25) is 0 Å². The number of carboxylic acid groups (broad SMARTS) is 1. The van der Waals surface area contributed by atoms with Crippen molar-refractivity contribution < 1.29 is 19.8 Å². The van der Waals surface area contributed by atoms with Gasteiger partial charge in [-0.2, -0.15) is 0 Å². The number of aliphatic carboxylic acids is 1. The minimum absolute atomic E-state index is 0.0327. The normalized spacial score (nSPS) is 11.7. The second-order valence-corrected chi connectivity index (χ2v) is 4.78. The summed E-state index contributed by atoms with van der Waals surface area (Å²) in [6, 6.07) is 6.81. The van der Waals surface area contributed by atoms with Crippen molar-refractivity contribution in [3.05, 3.63) is 27.8 Å². The first-order valence-corrected chi connectivity index (χ1v) is 6.28. The maximum Gasteiger partial charge on any atom is 0.332 e. The number of halogens is 1. The van der Waals surface area contributed by atoms with E-state index in [-0.39, 0.29) is 13.0 Å². The number of hydrogen-bond donors (Lipinski definition) is 4. The van der Waals surface area contributed by atoms with Crippen LogP contribution in [0.2, 0.25) is 0 Å². The Morgan fingerprint density at radius 1 is 1.39 bits per heavy atom. The van der Waals surface area contributed by atoms with Crippen molar-refractivity contribution in [1.82, 2.24) is 5.32 Å². The minimum Gasteiger partial charge on any atom is -0.479 e. The summed E-state index contributed by atoms with van der Waals surface area (Å²) in [6.07, 6.45) is -1.49. The third-order valence-electron chi connectivity index (χ3n) is 2.07. The van der Waals surface area contributed by atoms with Gasteiger partial charge in [-0.15, -0.1) is 0 Å². The fourth-order valence-electron chi connectivity index (χ4n) is 1.19. The van der Waals surface area contributed by atoms with Crippen LogP contribution in [0.25, 0.3) is 0 Å². The molecule has 0 aromatic heterocycles. The summed E-state index contributed by atoms with van der Waals surface area (Å²) in [5.41, 5.74) is 0.651. The predicted octanol–water partition coefficient (Wildman–Crippen LogP) is 1.25. The standard InChI is InChI=1S/C11H13IN2O4/c12-7-2-1-3-8(6-7)14-11(18)13-5-4-9(15)10(16)17/h1-3,6,9,15H,4-5H2,(H,16,17)(H2,13,14,18)/t9-/m0/s1. The summed E-state index contributed by atoms with van der Waals surface area (Å²) < 4.78 is 0.992. The molecule has 0 aliphatic heterocycles. The van der Waals surface area contributed by atoms with Gasteiger partial charge in [0.25, 0.3) is 0 Å². The summed E-state index contributed by atoms with van der Waals surface area (Å²) in [4.78, 5) is 21.7. The van der Waals surface area contributed by atoms with E-state index in [0.29, 0.717) is 5.69 Å². The van der Waals surface area contributed by atoms with Crippen molar-refractivity contribution in [2.75, 3.05) is 11.9 Å². The van der Waals surface area contributed by atoms with E-state index >= 15 is 0 Å². The third kappa shape index (κ3) is 5.32. The zero-order valence-electron chi connectivity index (χ0n) is 9.39. The number of rotatable bonds is 5. The first-order chi connectivity index (χ1) is 8.49. The molecule has 6 nitrogen and oxygen atoms in total. The highest BCUT2D eigenvalue weighted by molar-refractivity contribution is 14.1. The lowest BCUT2D eigenvalue weighted by atomic mass is 10.2. The first kappa shape index (κ1) is 14.7. The van der Waals surface area contributed by atoms with E-state index in [1.807, 2.05) is 12.1 Å². The molecular weight excluding hydrogens is 351 g/mol. The van der Waals surface area contributed by atoms with Crippen LogP contribution in [0.3, 0.4) is 0 Å². The van der Waals surface area contributed by atoms with Gasteiger partial charge in [0.05, 0.1) is 0 Å². The largest absolute Gasteiger partial charge is 0.479 e. The molecule has 0 aliphatic rings. The van der Waals surface area contributed by atoms with Crippen LogP contribution in [0.15, 0.2) is 24.3 Å². The van der Waals surface area contributed by atoms with Gasteiger partial charge in [-0.25, -0.2) is 9.59 Å². The van der Waals surface area contributed by atoms with Gasteiger partial charge in [0.1, 0.15) is 0 Å². The Bertz CT molecular complexity index is 439. The van der Waals surface area contributed by atoms with E-state index < -0.39 is 18.1 Å². The number of amides is 2. The summed E-state index contributed by atoms with van der Waals surface area (Å²) >= 11 is 2.13. The molecule has 0 bridgehead atoms. The summed E-state index contributed by atoms with van der Waals surface area (Å²) in [5, 5.41) is 22.5. The fraction of sp³-hybridized carbons (Fsp3) is 0.273. The highest BCUT2D eigenvalue weighted by atomic mass is 127. The van der Waals surface area contributed by atoms with E-state index in [2.05, 4.69) is 33.2 Å². The molecule has 4 N–H and O–H groups in total. The van der Waals surface area contributed by atoms with E-state index in [1.165, 1.54) is 0 Å². The number of nitrogens with one attached hydrogen (secondary N) is 2. The van der Waals surface area contributed by atoms with Crippen LogP contribution in [0.5, 0.6) is 0 Å². The van der Waals surface area contributed by atoms with E-state index in [4.69, 9.17) is 10.2 Å². The van der Waals surface area contributed by atoms with E-state index in [0.717, 1.165) is 3.57 Å². The van der Waals surface area contributed by atoms with Crippen molar-refractivity contribution >= 4 is 40.3 Å². The van der Waals surface area contributed by atoms with Crippen LogP contribution in [0.1, 0.15) is 6.42 Å². The zero-order valence-corrected chi connectivity index (χ0v) is 11.5. The number of anilines is 1. The molecule has 1 aromatic rings. The molecule has 0 unspecified atom stereocenters. The number of hydrogen-bond acceptors (Lipinski definition) is 3. The van der Waals surface area contributed by atoms with Crippen LogP contribution in [-0.2, 0) is 4.79 Å². The van der Waals surface area contributed by atoms with E-state index in [1.54, 1.807) is 12.1 Å². The third-order valence-corrected chi connectivity index (χ3v) is 2.74. The smallest absolute Gasteiger partial charge is 0.332 e. The molecule has 0 aliphatic carbocycles. The molecular formula is C11H13IN2O4. The molecule has 1 atom stereocenters. The van der Waals surface area contributed by atoms with Crippen LogP contribution in [0.4, 0.5) is 10.5 Å². The molecule has 0 heterocycles. The maximum absolute atomic E-state index is 11.4. The highest BCUT2D eigenvalue weighted by Crippen LogP contribution is 2.11. The van der Waals surface area contributed by atoms with Crippen molar-refractivity contribution in [3.8, 4) is 0 Å². The van der Waals surface area contributed by atoms with Crippen molar-refractivity contribution in [2.24, 2.45) is 0 Å². The molecule has 1 aromatic carbocycles. The lowest BCUT2D eigenvalue weighted by Crippen LogP contribution is -2.33. The Kier molecular flexibility index (Phi) is 5.86. The molecule has 7 heteroatoms. The Balaban J connectivity index is 2.32. The molecule has 1 rings (SSSR count). The lowest BCUT2D eigenvalue weighted by Gasteiger charge is -2.09. The quantitative estimate of drug-likeness (QED) is 0.591. The predicted molar refractivity (Wildman–Crippen MR) is 74.4 cm³/mol. The molecule has 0 fully saturated rings. The van der Waals surface area contributed by atoms with Gasteiger partial charge in [0, 0.05) is 22.2 Å². The van der Waals surface area contributed by atoms with Crippen LogP contribution in [0, 0.1) is 3.57 Å². The topological polar surface area (TPSA) is 98.7 Å². The molecule has 0 radical (unpaired) electrons. The molecule has 2 amide bonds. The number of benzene rings is 1. The summed E-state index contributed by atoms with van der Waals surface area (Å²) in [5.74, 6) is -1.30. The Morgan fingerprint density at radius 2 is 2.11 bits per heavy atom. The monoisotopic (exact) mass is 364 g/mol. The van der Waals surface area contributed by atoms with E-state index in [9.17, 15) is 9.59 Å². The summed E-state index contributed by atoms with van der Waals surface area (Å²) in [6.45, 7) is 0.0865. The first-order valence-electron chi connectivity index (χ1n) is 5.20. The number of carbonyl (C=O) groups excluding carboxylic acids is 1. The molecule has 0 saturated carbocycles. The summed E-state index contributed by atoms with van der Waals surface area (Å²) in [7, 11) is 0. The van der Waals surface area contributed by atoms with Crippen molar-refractivity contribution in [2.45, 2.75) is 12.5 Å². The SMILES string of the molecule is O=C(NCC[C@H](O)C(=O)O)Nc1cccc(I)c1. The van der Waals surface area contributed by atoms with Gasteiger partial charge in [-0.05, 0) is 40.8 Å². The van der Waals surface area contributed by atoms with Crippen molar-refractivity contribution in [3.63, 3.8) is 0 Å². The molecule has 18 heavy (non-hydrogen) atoms. The fourth-order valence-corrected chi connectivity index (χ4v) is 1.73. The second-order valence-electron chi connectivity index (χ2n) is 3.53. The van der Waals surface area contributed by atoms with Crippen molar-refractivity contribution in [1.29, 1.82) is 0 Å².